The molecule has 0 unspecified atom stereocenters. The highest BCUT2D eigenvalue weighted by atomic mass is 35.5. The summed E-state index contributed by atoms with van der Waals surface area (Å²) < 4.78 is 17.3. The number of methoxy groups -OCH3 is 1. The Kier molecular flexibility index (Phi) is 7.06. The largest absolute Gasteiger partial charge is 0.493 e. The molecule has 0 saturated carbocycles. The average Bonchev–Trinajstić information content (AvgIpc) is 3.27. The van der Waals surface area contributed by atoms with Crippen LogP contribution in [0, 0.1) is 0 Å². The zero-order valence-electron chi connectivity index (χ0n) is 20.0. The summed E-state index contributed by atoms with van der Waals surface area (Å²) in [6.45, 7) is 1.48. The summed E-state index contributed by atoms with van der Waals surface area (Å²) in [5.41, 5.74) is 3.74. The van der Waals surface area contributed by atoms with Crippen LogP contribution in [0.1, 0.15) is 16.1 Å². The van der Waals surface area contributed by atoms with E-state index in [9.17, 15) is 14.7 Å². The second-order valence-corrected chi connectivity index (χ2v) is 8.99. The fourth-order valence-electron chi connectivity index (χ4n) is 4.53. The van der Waals surface area contributed by atoms with E-state index < -0.39 is 12.2 Å². The molecule has 2 aromatic heterocycles. The van der Waals surface area contributed by atoms with Gasteiger partial charge in [-0.15, -0.1) is 0 Å². The minimum Gasteiger partial charge on any atom is -0.493 e. The van der Waals surface area contributed by atoms with Crippen molar-refractivity contribution in [2.24, 2.45) is 0 Å². The Morgan fingerprint density at radius 2 is 2.24 bits per heavy atom. The van der Waals surface area contributed by atoms with Crippen LogP contribution in [0.15, 0.2) is 36.7 Å². The van der Waals surface area contributed by atoms with Crippen molar-refractivity contribution in [3.05, 3.63) is 52.9 Å². The Bertz CT molecular complexity index is 1330. The zero-order chi connectivity index (χ0) is 25.9. The van der Waals surface area contributed by atoms with E-state index in [1.54, 1.807) is 30.6 Å². The van der Waals surface area contributed by atoms with Crippen LogP contribution in [0.25, 0.3) is 11.3 Å². The van der Waals surface area contributed by atoms with E-state index in [0.29, 0.717) is 70.8 Å². The standard InChI is InChI=1S/C25H26ClN5O6/c1-35-23-16(26)3-2-4-18(23)30-22-20-17(6-8-28-24(20)32)29-21(22)15-5-7-27-11-19(15)37-13-14-12-31(25(33)34)9-10-36-14/h2-5,7,11,14,29-30H,6,8-10,12-13H2,1H3,(H,28,32)(H,33,34)/t14-/m0/s1. The number of rotatable bonds is 7. The number of amides is 2. The van der Waals surface area contributed by atoms with Crippen molar-refractivity contribution in [2.75, 3.05) is 45.3 Å². The Balaban J connectivity index is 1.50. The lowest BCUT2D eigenvalue weighted by atomic mass is 10.0. The molecule has 12 heteroatoms. The third kappa shape index (κ3) is 5.00. The summed E-state index contributed by atoms with van der Waals surface area (Å²) >= 11 is 6.34. The van der Waals surface area contributed by atoms with Crippen LogP contribution < -0.4 is 20.1 Å². The van der Waals surface area contributed by atoms with Crippen LogP contribution in [0.2, 0.25) is 5.02 Å². The van der Waals surface area contributed by atoms with Gasteiger partial charge in [-0.1, -0.05) is 17.7 Å². The molecular weight excluding hydrogens is 502 g/mol. The van der Waals surface area contributed by atoms with Gasteiger partial charge < -0.3 is 39.8 Å². The van der Waals surface area contributed by atoms with Gasteiger partial charge in [0.25, 0.3) is 5.91 Å². The maximum absolute atomic E-state index is 12.9. The molecule has 194 valence electrons. The van der Waals surface area contributed by atoms with Gasteiger partial charge in [-0.05, 0) is 18.2 Å². The predicted molar refractivity (Wildman–Crippen MR) is 136 cm³/mol. The summed E-state index contributed by atoms with van der Waals surface area (Å²) in [4.78, 5) is 33.2. The van der Waals surface area contributed by atoms with Crippen LogP contribution in [-0.4, -0.2) is 78.0 Å². The molecule has 1 saturated heterocycles. The number of carboxylic acid groups (broad SMARTS) is 1. The summed E-state index contributed by atoms with van der Waals surface area (Å²) in [6.07, 6.45) is 2.43. The first-order chi connectivity index (χ1) is 18.0. The predicted octanol–water partition coefficient (Wildman–Crippen LogP) is 3.53. The third-order valence-electron chi connectivity index (χ3n) is 6.28. The number of pyridine rings is 1. The van der Waals surface area contributed by atoms with Crippen LogP contribution in [0.5, 0.6) is 11.5 Å². The van der Waals surface area contributed by atoms with Crippen molar-refractivity contribution in [3.63, 3.8) is 0 Å². The molecular formula is C25H26ClN5O6. The maximum atomic E-state index is 12.9. The van der Waals surface area contributed by atoms with Gasteiger partial charge in [0.05, 0.1) is 54.1 Å². The number of carbonyl (C=O) groups is 2. The number of aromatic nitrogens is 2. The number of fused-ring (bicyclic) bond motifs is 1. The van der Waals surface area contributed by atoms with Crippen molar-refractivity contribution >= 4 is 35.0 Å². The molecule has 2 aliphatic heterocycles. The van der Waals surface area contributed by atoms with Crippen LogP contribution in [0.4, 0.5) is 16.2 Å². The monoisotopic (exact) mass is 527 g/mol. The van der Waals surface area contributed by atoms with E-state index in [1.807, 2.05) is 6.07 Å². The van der Waals surface area contributed by atoms with Gasteiger partial charge in [0.2, 0.25) is 0 Å². The number of nitrogens with zero attached hydrogens (tertiary/aromatic N) is 2. The van der Waals surface area contributed by atoms with Gasteiger partial charge in [0, 0.05) is 37.0 Å². The van der Waals surface area contributed by atoms with Gasteiger partial charge in [0.1, 0.15) is 18.5 Å². The fraction of sp³-hybridized carbons (Fsp3) is 0.320. The van der Waals surface area contributed by atoms with Crippen molar-refractivity contribution < 1.29 is 28.9 Å². The number of aromatic amines is 1. The van der Waals surface area contributed by atoms with E-state index in [4.69, 9.17) is 25.8 Å². The molecule has 3 aromatic rings. The number of H-pyrrole nitrogens is 1. The SMILES string of the molecule is COc1c(Cl)cccc1Nc1c(-c2ccncc2OC[C@@H]2CN(C(=O)O)CCO2)[nH]c2c1C(=O)NCC2. The number of ether oxygens (including phenoxy) is 3. The topological polar surface area (TPSA) is 138 Å². The molecule has 0 bridgehead atoms. The average molecular weight is 528 g/mol. The van der Waals surface area contributed by atoms with Gasteiger partial charge >= 0.3 is 6.09 Å². The van der Waals surface area contributed by atoms with E-state index in [-0.39, 0.29) is 19.1 Å². The first-order valence-corrected chi connectivity index (χ1v) is 12.1. The lowest BCUT2D eigenvalue weighted by Gasteiger charge is -2.30. The molecule has 11 nitrogen and oxygen atoms in total. The van der Waals surface area contributed by atoms with Gasteiger partial charge in [-0.2, -0.15) is 0 Å². The lowest BCUT2D eigenvalue weighted by molar-refractivity contribution is -0.0411. The molecule has 37 heavy (non-hydrogen) atoms. The number of hydrogen-bond acceptors (Lipinski definition) is 7. The minimum absolute atomic E-state index is 0.133. The van der Waals surface area contributed by atoms with Gasteiger partial charge in [-0.25, -0.2) is 4.79 Å². The molecule has 0 aliphatic carbocycles. The van der Waals surface area contributed by atoms with Crippen molar-refractivity contribution in [1.29, 1.82) is 0 Å². The van der Waals surface area contributed by atoms with Crippen LogP contribution in [0.3, 0.4) is 0 Å². The molecule has 2 aliphatic rings. The number of nitrogens with one attached hydrogen (secondary N) is 3. The lowest BCUT2D eigenvalue weighted by Crippen LogP contribution is -2.47. The van der Waals surface area contributed by atoms with E-state index >= 15 is 0 Å². The maximum Gasteiger partial charge on any atom is 0.407 e. The molecule has 2 amide bonds. The van der Waals surface area contributed by atoms with E-state index in [2.05, 4.69) is 20.6 Å². The zero-order valence-corrected chi connectivity index (χ0v) is 20.8. The second-order valence-electron chi connectivity index (χ2n) is 8.58. The fourth-order valence-corrected chi connectivity index (χ4v) is 4.79. The Morgan fingerprint density at radius 3 is 3.05 bits per heavy atom. The number of halogens is 1. The van der Waals surface area contributed by atoms with Gasteiger partial charge in [0.15, 0.2) is 5.75 Å². The summed E-state index contributed by atoms with van der Waals surface area (Å²) in [7, 11) is 1.53. The second kappa shape index (κ2) is 10.6. The number of para-hydroxylation sites is 1. The van der Waals surface area contributed by atoms with Gasteiger partial charge in [-0.3, -0.25) is 9.78 Å². The molecule has 0 spiro atoms. The summed E-state index contributed by atoms with van der Waals surface area (Å²) in [6, 6.07) is 7.11. The minimum atomic E-state index is -0.988. The summed E-state index contributed by atoms with van der Waals surface area (Å²) in [5, 5.41) is 16.0. The molecule has 5 rings (SSSR count). The first-order valence-electron chi connectivity index (χ1n) is 11.8. The molecule has 1 fully saturated rings. The third-order valence-corrected chi connectivity index (χ3v) is 6.58. The van der Waals surface area contributed by atoms with Crippen molar-refractivity contribution in [1.82, 2.24) is 20.2 Å². The number of anilines is 2. The van der Waals surface area contributed by atoms with Crippen LogP contribution >= 0.6 is 11.6 Å². The highest BCUT2D eigenvalue weighted by molar-refractivity contribution is 6.32. The Morgan fingerprint density at radius 1 is 1.38 bits per heavy atom. The number of carbonyl (C=O) groups excluding carboxylic acids is 1. The molecule has 4 N–H and O–H groups in total. The highest BCUT2D eigenvalue weighted by Gasteiger charge is 2.29. The Hall–Kier alpha value is -3.96. The van der Waals surface area contributed by atoms with Crippen molar-refractivity contribution in [3.8, 4) is 22.8 Å². The first kappa shape index (κ1) is 24.7. The highest BCUT2D eigenvalue weighted by Crippen LogP contribution is 2.42. The number of hydrogen-bond donors (Lipinski definition) is 4. The number of benzene rings is 1. The number of morpholine rings is 1. The molecule has 1 aromatic carbocycles. The quantitative estimate of drug-likeness (QED) is 0.366. The smallest absolute Gasteiger partial charge is 0.407 e. The molecule has 0 radical (unpaired) electrons. The molecule has 1 atom stereocenters. The van der Waals surface area contributed by atoms with E-state index in [1.165, 1.54) is 12.0 Å². The molecule has 4 heterocycles. The van der Waals surface area contributed by atoms with E-state index in [0.717, 1.165) is 5.69 Å². The summed E-state index contributed by atoms with van der Waals surface area (Å²) in [5.74, 6) is 0.705. The Labute approximate surface area is 217 Å². The normalized spacial score (nSPS) is 17.1. The van der Waals surface area contributed by atoms with Crippen molar-refractivity contribution in [2.45, 2.75) is 12.5 Å². The van der Waals surface area contributed by atoms with Crippen LogP contribution in [-0.2, 0) is 11.2 Å².